The molecule has 0 radical (unpaired) electrons. The molecule has 1 N–H and O–H groups in total. The number of halogens is 1. The topological polar surface area (TPSA) is 69.7 Å². The van der Waals surface area contributed by atoms with Crippen LogP contribution in [0.15, 0.2) is 59.5 Å². The van der Waals surface area contributed by atoms with Crippen molar-refractivity contribution in [1.29, 1.82) is 0 Å². The van der Waals surface area contributed by atoms with Gasteiger partial charge in [-0.1, -0.05) is 61.8 Å². The first-order valence-corrected chi connectivity index (χ1v) is 13.0. The fourth-order valence-corrected chi connectivity index (χ4v) is 6.04. The van der Waals surface area contributed by atoms with E-state index >= 15 is 0 Å². The van der Waals surface area contributed by atoms with Gasteiger partial charge in [-0.2, -0.15) is 4.31 Å². The molecule has 2 aromatic carbocycles. The predicted molar refractivity (Wildman–Crippen MR) is 128 cm³/mol. The van der Waals surface area contributed by atoms with E-state index in [1.54, 1.807) is 30.3 Å². The molecule has 1 atom stereocenters. The minimum Gasteiger partial charge on any atom is -0.354 e. The molecular weight excluding hydrogens is 446 g/mol. The van der Waals surface area contributed by atoms with Crippen LogP contribution in [0, 0.1) is 5.92 Å². The Bertz CT molecular complexity index is 989. The molecule has 0 saturated carbocycles. The Labute approximate surface area is 196 Å². The normalized spacial score (nSPS) is 16.8. The summed E-state index contributed by atoms with van der Waals surface area (Å²) in [6.07, 6.45) is 1.03. The number of amides is 1. The van der Waals surface area contributed by atoms with Gasteiger partial charge in [-0.05, 0) is 49.7 Å². The summed E-state index contributed by atoms with van der Waals surface area (Å²) in [6, 6.07) is 16.2. The number of sulfonamides is 1. The van der Waals surface area contributed by atoms with E-state index in [0.717, 1.165) is 18.7 Å². The van der Waals surface area contributed by atoms with Crippen molar-refractivity contribution in [2.45, 2.75) is 37.6 Å². The van der Waals surface area contributed by atoms with E-state index in [9.17, 15) is 13.2 Å². The number of rotatable bonds is 9. The molecule has 0 aliphatic carbocycles. The van der Waals surface area contributed by atoms with Gasteiger partial charge in [0.15, 0.2) is 0 Å². The number of hydrogen-bond acceptors (Lipinski definition) is 4. The minimum atomic E-state index is -3.52. The summed E-state index contributed by atoms with van der Waals surface area (Å²) < 4.78 is 27.1. The van der Waals surface area contributed by atoms with E-state index in [-0.39, 0.29) is 17.9 Å². The van der Waals surface area contributed by atoms with Crippen LogP contribution in [0.4, 0.5) is 0 Å². The Balaban J connectivity index is 1.61. The highest BCUT2D eigenvalue weighted by atomic mass is 35.5. The zero-order chi connectivity index (χ0) is 23.1. The second kappa shape index (κ2) is 11.3. The van der Waals surface area contributed by atoms with Gasteiger partial charge < -0.3 is 5.32 Å². The fourth-order valence-electron chi connectivity index (χ4n) is 4.29. The van der Waals surface area contributed by atoms with Gasteiger partial charge in [0.25, 0.3) is 0 Å². The van der Waals surface area contributed by atoms with Crippen LogP contribution in [0.25, 0.3) is 0 Å². The maximum atomic E-state index is 12.9. The molecule has 8 heteroatoms. The summed E-state index contributed by atoms with van der Waals surface area (Å²) >= 11 is 6.45. The van der Waals surface area contributed by atoms with Crippen molar-refractivity contribution in [1.82, 2.24) is 14.5 Å². The second-order valence-electron chi connectivity index (χ2n) is 8.00. The summed E-state index contributed by atoms with van der Waals surface area (Å²) in [6.45, 7) is 7.04. The smallest absolute Gasteiger partial charge is 0.243 e. The molecule has 174 valence electrons. The molecule has 1 unspecified atom stereocenters. The van der Waals surface area contributed by atoms with Crippen LogP contribution in [-0.4, -0.2) is 56.3 Å². The Kier molecular flexibility index (Phi) is 8.71. The Morgan fingerprint density at radius 3 is 2.25 bits per heavy atom. The van der Waals surface area contributed by atoms with E-state index < -0.39 is 10.0 Å². The largest absolute Gasteiger partial charge is 0.354 e. The van der Waals surface area contributed by atoms with Gasteiger partial charge in [-0.25, -0.2) is 8.42 Å². The lowest BCUT2D eigenvalue weighted by Gasteiger charge is -2.33. The van der Waals surface area contributed by atoms with Crippen molar-refractivity contribution < 1.29 is 13.2 Å². The molecule has 0 aromatic heterocycles. The first-order chi connectivity index (χ1) is 15.4. The molecule has 1 aliphatic rings. The van der Waals surface area contributed by atoms with Crippen molar-refractivity contribution in [2.75, 3.05) is 32.7 Å². The summed E-state index contributed by atoms with van der Waals surface area (Å²) in [4.78, 5) is 15.5. The molecular formula is C24H32ClN3O3S. The number of likely N-dealkylation sites (N-methyl/N-ethyl adjacent to an activating group) is 1. The minimum absolute atomic E-state index is 0.0128. The first kappa shape index (κ1) is 24.7. The van der Waals surface area contributed by atoms with Crippen molar-refractivity contribution in [3.05, 3.63) is 65.2 Å². The predicted octanol–water partition coefficient (Wildman–Crippen LogP) is 3.94. The van der Waals surface area contributed by atoms with Gasteiger partial charge >= 0.3 is 0 Å². The van der Waals surface area contributed by atoms with Crippen LogP contribution >= 0.6 is 11.6 Å². The van der Waals surface area contributed by atoms with E-state index in [0.29, 0.717) is 42.4 Å². The van der Waals surface area contributed by atoms with Gasteiger partial charge in [0, 0.05) is 30.6 Å². The summed E-state index contributed by atoms with van der Waals surface area (Å²) in [5, 5.41) is 3.80. The van der Waals surface area contributed by atoms with Crippen molar-refractivity contribution in [3.8, 4) is 0 Å². The van der Waals surface area contributed by atoms with E-state index in [2.05, 4.69) is 24.1 Å². The summed E-state index contributed by atoms with van der Waals surface area (Å²) in [7, 11) is -3.52. The highest BCUT2D eigenvalue weighted by Crippen LogP contribution is 2.28. The summed E-state index contributed by atoms with van der Waals surface area (Å²) in [5.41, 5.74) is 1.00. The number of piperidine rings is 1. The standard InChI is InChI=1S/C24H32ClN3O3S/c1-3-27(4-2)23(21-12-8-9-13-22(21)25)18-26-24(29)19-14-16-28(17-15-19)32(30,31)20-10-6-5-7-11-20/h5-13,19,23H,3-4,14-18H2,1-2H3,(H,26,29). The average molecular weight is 478 g/mol. The molecule has 1 heterocycles. The van der Waals surface area contributed by atoms with Gasteiger partial charge in [-0.15, -0.1) is 0 Å². The lowest BCUT2D eigenvalue weighted by atomic mass is 9.97. The van der Waals surface area contributed by atoms with Crippen molar-refractivity contribution >= 4 is 27.5 Å². The van der Waals surface area contributed by atoms with Crippen LogP contribution in [0.1, 0.15) is 38.3 Å². The molecule has 2 aromatic rings. The van der Waals surface area contributed by atoms with Crippen LogP contribution in [0.5, 0.6) is 0 Å². The molecule has 32 heavy (non-hydrogen) atoms. The Hall–Kier alpha value is -1.93. The molecule has 1 amide bonds. The SMILES string of the molecule is CCN(CC)C(CNC(=O)C1CCN(S(=O)(=O)c2ccccc2)CC1)c1ccccc1Cl. The molecule has 3 rings (SSSR count). The van der Waals surface area contributed by atoms with Crippen LogP contribution in [0.2, 0.25) is 5.02 Å². The highest BCUT2D eigenvalue weighted by Gasteiger charge is 2.32. The third-order valence-electron chi connectivity index (χ3n) is 6.19. The third-order valence-corrected chi connectivity index (χ3v) is 8.45. The van der Waals surface area contributed by atoms with Crippen LogP contribution in [0.3, 0.4) is 0 Å². The van der Waals surface area contributed by atoms with Crippen LogP contribution in [-0.2, 0) is 14.8 Å². The number of hydrogen-bond donors (Lipinski definition) is 1. The number of nitrogens with one attached hydrogen (secondary N) is 1. The maximum Gasteiger partial charge on any atom is 0.243 e. The molecule has 1 aliphatic heterocycles. The monoisotopic (exact) mass is 477 g/mol. The maximum absolute atomic E-state index is 12.9. The van der Waals surface area contributed by atoms with Gasteiger partial charge in [0.2, 0.25) is 15.9 Å². The van der Waals surface area contributed by atoms with Gasteiger partial charge in [-0.3, -0.25) is 9.69 Å². The molecule has 6 nitrogen and oxygen atoms in total. The fraction of sp³-hybridized carbons (Fsp3) is 0.458. The van der Waals surface area contributed by atoms with Gasteiger partial charge in [0.1, 0.15) is 0 Å². The quantitative estimate of drug-likeness (QED) is 0.594. The Morgan fingerprint density at radius 1 is 1.06 bits per heavy atom. The Morgan fingerprint density at radius 2 is 1.66 bits per heavy atom. The zero-order valence-electron chi connectivity index (χ0n) is 18.7. The van der Waals surface area contributed by atoms with E-state index in [1.165, 1.54) is 4.31 Å². The third kappa shape index (κ3) is 5.70. The number of benzene rings is 2. The van der Waals surface area contributed by atoms with E-state index in [1.807, 2.05) is 24.3 Å². The number of carbonyl (C=O) groups is 1. The van der Waals surface area contributed by atoms with Crippen molar-refractivity contribution in [2.24, 2.45) is 5.92 Å². The molecule has 1 saturated heterocycles. The van der Waals surface area contributed by atoms with Crippen LogP contribution < -0.4 is 5.32 Å². The lowest BCUT2D eigenvalue weighted by molar-refractivity contribution is -0.126. The average Bonchev–Trinajstić information content (AvgIpc) is 2.83. The lowest BCUT2D eigenvalue weighted by Crippen LogP contribution is -2.45. The number of nitrogens with zero attached hydrogens (tertiary/aromatic N) is 2. The molecule has 0 spiro atoms. The summed E-state index contributed by atoms with van der Waals surface area (Å²) in [5.74, 6) is -0.216. The highest BCUT2D eigenvalue weighted by molar-refractivity contribution is 7.89. The number of carbonyl (C=O) groups excluding carboxylic acids is 1. The second-order valence-corrected chi connectivity index (χ2v) is 10.3. The first-order valence-electron chi connectivity index (χ1n) is 11.2. The molecule has 0 bridgehead atoms. The van der Waals surface area contributed by atoms with Crippen molar-refractivity contribution in [3.63, 3.8) is 0 Å². The van der Waals surface area contributed by atoms with E-state index in [4.69, 9.17) is 11.6 Å². The molecule has 1 fully saturated rings. The van der Waals surface area contributed by atoms with Gasteiger partial charge in [0.05, 0.1) is 10.9 Å². The zero-order valence-corrected chi connectivity index (χ0v) is 20.3.